The standard InChI is InChI=1S/C10H13N3O3/c1-7(11)10(14)12(2)8-3-5-9(6-4-8)13(15)16/h3-7H,11H2,1-2H3/t7-/m1/s1. The van der Waals surface area contributed by atoms with Crippen molar-refractivity contribution in [1.82, 2.24) is 0 Å². The quantitative estimate of drug-likeness (QED) is 0.609. The predicted octanol–water partition coefficient (Wildman–Crippen LogP) is 0.905. The summed E-state index contributed by atoms with van der Waals surface area (Å²) in [5.41, 5.74) is 6.02. The third kappa shape index (κ3) is 2.54. The first-order valence-corrected chi connectivity index (χ1v) is 4.71. The minimum Gasteiger partial charge on any atom is -0.320 e. The van der Waals surface area contributed by atoms with Gasteiger partial charge in [0.15, 0.2) is 0 Å². The SMILES string of the molecule is C[C@@H](N)C(=O)N(C)c1ccc([N+](=O)[O-])cc1. The van der Waals surface area contributed by atoms with Crippen molar-refractivity contribution in [1.29, 1.82) is 0 Å². The summed E-state index contributed by atoms with van der Waals surface area (Å²) in [7, 11) is 1.58. The lowest BCUT2D eigenvalue weighted by atomic mass is 10.2. The highest BCUT2D eigenvalue weighted by Crippen LogP contribution is 2.18. The van der Waals surface area contributed by atoms with Gasteiger partial charge in [0.1, 0.15) is 0 Å². The van der Waals surface area contributed by atoms with E-state index in [1.54, 1.807) is 14.0 Å². The van der Waals surface area contributed by atoms with Crippen LogP contribution in [0, 0.1) is 10.1 Å². The van der Waals surface area contributed by atoms with Gasteiger partial charge in [0.25, 0.3) is 5.69 Å². The number of non-ortho nitro benzene ring substituents is 1. The van der Waals surface area contributed by atoms with Gasteiger partial charge in [0, 0.05) is 24.9 Å². The number of carbonyl (C=O) groups is 1. The lowest BCUT2D eigenvalue weighted by molar-refractivity contribution is -0.384. The molecule has 0 bridgehead atoms. The number of hydrogen-bond donors (Lipinski definition) is 1. The van der Waals surface area contributed by atoms with Gasteiger partial charge in [0.05, 0.1) is 11.0 Å². The average molecular weight is 223 g/mol. The normalized spacial score (nSPS) is 11.9. The van der Waals surface area contributed by atoms with Crippen LogP contribution in [0.5, 0.6) is 0 Å². The summed E-state index contributed by atoms with van der Waals surface area (Å²) in [4.78, 5) is 22.8. The van der Waals surface area contributed by atoms with Gasteiger partial charge in [-0.1, -0.05) is 0 Å². The fourth-order valence-electron chi connectivity index (χ4n) is 1.23. The molecule has 0 unspecified atom stereocenters. The topological polar surface area (TPSA) is 89.5 Å². The Morgan fingerprint density at radius 3 is 2.31 bits per heavy atom. The summed E-state index contributed by atoms with van der Waals surface area (Å²) in [6, 6.07) is 5.12. The Morgan fingerprint density at radius 1 is 1.44 bits per heavy atom. The molecule has 0 aromatic heterocycles. The predicted molar refractivity (Wildman–Crippen MR) is 60.2 cm³/mol. The van der Waals surface area contributed by atoms with Crippen LogP contribution in [-0.4, -0.2) is 23.9 Å². The van der Waals surface area contributed by atoms with E-state index in [-0.39, 0.29) is 11.6 Å². The molecular formula is C10H13N3O3. The molecule has 6 heteroatoms. The number of nitro benzene ring substituents is 1. The van der Waals surface area contributed by atoms with Crippen molar-refractivity contribution >= 4 is 17.3 Å². The summed E-state index contributed by atoms with van der Waals surface area (Å²) in [5, 5.41) is 10.4. The van der Waals surface area contributed by atoms with Crippen LogP contribution >= 0.6 is 0 Å². The monoisotopic (exact) mass is 223 g/mol. The number of anilines is 1. The molecule has 1 aromatic carbocycles. The first-order chi connectivity index (χ1) is 7.43. The molecule has 6 nitrogen and oxygen atoms in total. The molecule has 0 aliphatic carbocycles. The van der Waals surface area contributed by atoms with Gasteiger partial charge in [-0.25, -0.2) is 0 Å². The van der Waals surface area contributed by atoms with Crippen molar-refractivity contribution in [2.45, 2.75) is 13.0 Å². The van der Waals surface area contributed by atoms with E-state index < -0.39 is 11.0 Å². The zero-order chi connectivity index (χ0) is 12.3. The first-order valence-electron chi connectivity index (χ1n) is 4.71. The second-order valence-corrected chi connectivity index (χ2v) is 3.46. The third-order valence-electron chi connectivity index (χ3n) is 2.17. The highest BCUT2D eigenvalue weighted by molar-refractivity contribution is 5.96. The van der Waals surface area contributed by atoms with E-state index in [4.69, 9.17) is 5.73 Å². The van der Waals surface area contributed by atoms with Crippen molar-refractivity contribution < 1.29 is 9.72 Å². The molecule has 0 saturated heterocycles. The molecule has 0 heterocycles. The molecule has 1 amide bonds. The van der Waals surface area contributed by atoms with E-state index in [2.05, 4.69) is 0 Å². The molecule has 0 saturated carbocycles. The molecule has 0 fully saturated rings. The van der Waals surface area contributed by atoms with Gasteiger partial charge in [-0.05, 0) is 19.1 Å². The van der Waals surface area contributed by atoms with Crippen LogP contribution in [0.3, 0.4) is 0 Å². The second kappa shape index (κ2) is 4.71. The van der Waals surface area contributed by atoms with Gasteiger partial charge in [-0.15, -0.1) is 0 Å². The summed E-state index contributed by atoms with van der Waals surface area (Å²) in [6.45, 7) is 1.59. The minimum absolute atomic E-state index is 0.00889. The Bertz CT molecular complexity index is 400. The molecule has 2 N–H and O–H groups in total. The summed E-state index contributed by atoms with van der Waals surface area (Å²) >= 11 is 0. The zero-order valence-corrected chi connectivity index (χ0v) is 9.08. The van der Waals surface area contributed by atoms with Crippen molar-refractivity contribution in [2.24, 2.45) is 5.73 Å². The Balaban J connectivity index is 2.89. The number of nitrogens with zero attached hydrogens (tertiary/aromatic N) is 2. The number of benzene rings is 1. The first kappa shape index (κ1) is 12.1. The number of rotatable bonds is 3. The van der Waals surface area contributed by atoms with Gasteiger partial charge in [-0.3, -0.25) is 14.9 Å². The maximum atomic E-state index is 11.5. The minimum atomic E-state index is -0.597. The number of nitro groups is 1. The molecule has 0 aliphatic rings. The number of amides is 1. The molecule has 0 aliphatic heterocycles. The van der Waals surface area contributed by atoms with Crippen molar-refractivity contribution in [2.75, 3.05) is 11.9 Å². The third-order valence-corrected chi connectivity index (χ3v) is 2.17. The van der Waals surface area contributed by atoms with Gasteiger partial charge >= 0.3 is 0 Å². The van der Waals surface area contributed by atoms with Crippen LogP contribution in [0.4, 0.5) is 11.4 Å². The van der Waals surface area contributed by atoms with Crippen molar-refractivity contribution in [3.8, 4) is 0 Å². The van der Waals surface area contributed by atoms with Crippen molar-refractivity contribution in [3.05, 3.63) is 34.4 Å². The maximum Gasteiger partial charge on any atom is 0.269 e. The smallest absolute Gasteiger partial charge is 0.269 e. The summed E-state index contributed by atoms with van der Waals surface area (Å²) < 4.78 is 0. The van der Waals surface area contributed by atoms with E-state index in [0.717, 1.165) is 0 Å². The van der Waals surface area contributed by atoms with Crippen LogP contribution in [0.1, 0.15) is 6.92 Å². The largest absolute Gasteiger partial charge is 0.320 e. The van der Waals surface area contributed by atoms with Crippen LogP contribution in [0.15, 0.2) is 24.3 Å². The van der Waals surface area contributed by atoms with Gasteiger partial charge in [-0.2, -0.15) is 0 Å². The number of likely N-dealkylation sites (N-methyl/N-ethyl adjacent to an activating group) is 1. The fourth-order valence-corrected chi connectivity index (χ4v) is 1.23. The molecule has 0 spiro atoms. The second-order valence-electron chi connectivity index (χ2n) is 3.46. The highest BCUT2D eigenvalue weighted by Gasteiger charge is 2.15. The Morgan fingerprint density at radius 2 is 1.94 bits per heavy atom. The van der Waals surface area contributed by atoms with E-state index in [9.17, 15) is 14.9 Å². The summed E-state index contributed by atoms with van der Waals surface area (Å²) in [5.74, 6) is -0.242. The Hall–Kier alpha value is -1.95. The van der Waals surface area contributed by atoms with Crippen molar-refractivity contribution in [3.63, 3.8) is 0 Å². The van der Waals surface area contributed by atoms with Crippen LogP contribution in [0.25, 0.3) is 0 Å². The van der Waals surface area contributed by atoms with E-state index >= 15 is 0 Å². The van der Waals surface area contributed by atoms with E-state index in [0.29, 0.717) is 5.69 Å². The molecule has 1 aromatic rings. The Kier molecular flexibility index (Phi) is 3.57. The zero-order valence-electron chi connectivity index (χ0n) is 9.08. The molecule has 1 atom stereocenters. The van der Waals surface area contributed by atoms with E-state index in [1.165, 1.54) is 29.2 Å². The van der Waals surface area contributed by atoms with Crippen LogP contribution < -0.4 is 10.6 Å². The van der Waals surface area contributed by atoms with Gasteiger partial charge in [0.2, 0.25) is 5.91 Å². The maximum absolute atomic E-state index is 11.5. The molecule has 0 radical (unpaired) electrons. The summed E-state index contributed by atoms with van der Waals surface area (Å²) in [6.07, 6.45) is 0. The number of carbonyl (C=O) groups excluding carboxylic acids is 1. The van der Waals surface area contributed by atoms with Gasteiger partial charge < -0.3 is 10.6 Å². The Labute approximate surface area is 92.8 Å². The average Bonchev–Trinajstić information content (AvgIpc) is 2.27. The highest BCUT2D eigenvalue weighted by atomic mass is 16.6. The molecule has 86 valence electrons. The molecular weight excluding hydrogens is 210 g/mol. The number of nitrogens with two attached hydrogens (primary N) is 1. The van der Waals surface area contributed by atoms with E-state index in [1.807, 2.05) is 0 Å². The lowest BCUT2D eigenvalue weighted by Crippen LogP contribution is -2.39. The fraction of sp³-hybridized carbons (Fsp3) is 0.300. The van der Waals surface area contributed by atoms with Crippen LogP contribution in [-0.2, 0) is 4.79 Å². The lowest BCUT2D eigenvalue weighted by Gasteiger charge is -2.19. The molecule has 16 heavy (non-hydrogen) atoms. The molecule has 1 rings (SSSR count). The number of hydrogen-bond acceptors (Lipinski definition) is 4. The van der Waals surface area contributed by atoms with Crippen LogP contribution in [0.2, 0.25) is 0 Å².